The number of rotatable bonds is 41. The first-order valence-electron chi connectivity index (χ1n) is 18.8. The normalized spacial score (nSPS) is 11.4. The lowest BCUT2D eigenvalue weighted by Crippen LogP contribution is -2.59. The molecule has 0 unspecified atom stereocenters. The smallest absolute Gasteiger partial charge is 0.305 e. The molecular formula is C35H74N4O13. The van der Waals surface area contributed by atoms with Gasteiger partial charge < -0.3 is 75.0 Å². The summed E-state index contributed by atoms with van der Waals surface area (Å²) in [5.41, 5.74) is 14.9. The zero-order chi connectivity index (χ0) is 38.6. The fourth-order valence-electron chi connectivity index (χ4n) is 3.94. The Kier molecular flexibility index (Phi) is 44.3. The second kappa shape index (κ2) is 43.8. The molecule has 0 spiro atoms. The summed E-state index contributed by atoms with van der Waals surface area (Å²) in [7, 11) is 0. The molecule has 0 aliphatic rings. The number of carbonyl (C=O) groups is 2. The Hall–Kier alpha value is -1.58. The van der Waals surface area contributed by atoms with Gasteiger partial charge in [-0.2, -0.15) is 0 Å². The predicted octanol–water partition coefficient (Wildman–Crippen LogP) is 0.725. The third-order valence-electron chi connectivity index (χ3n) is 6.66. The van der Waals surface area contributed by atoms with E-state index in [1.807, 2.05) is 0 Å². The monoisotopic (exact) mass is 759 g/mol. The number of nitrogens with one attached hydrogen (secondary N) is 1. The van der Waals surface area contributed by atoms with Crippen molar-refractivity contribution in [3.8, 4) is 0 Å². The molecule has 8 N–H and O–H groups in total. The molecule has 0 saturated carbocycles. The predicted molar refractivity (Wildman–Crippen MR) is 198 cm³/mol. The van der Waals surface area contributed by atoms with E-state index >= 15 is 0 Å². The summed E-state index contributed by atoms with van der Waals surface area (Å²) in [6.45, 7) is 12.4. The number of hydrogen-bond acceptors (Lipinski definition) is 15. The number of carboxylic acid groups (broad SMARTS) is 1. The number of carboxylic acids is 1. The Bertz CT molecular complexity index is 688. The number of amides is 1. The van der Waals surface area contributed by atoms with E-state index in [0.717, 1.165) is 25.8 Å². The molecule has 0 saturated heterocycles. The standard InChI is InChI=1S/C32H65N3O13.C3H9N/c1-2-3-4-5-10-39-21-24-46-27-32(28-47-25-22-44-19-17-42-13-8-33,29-48-26-23-45-20-18-43-14-9-34)35-30(36)6-11-40-15-16-41-12-7-31(37)38;1-2-3-4/h2-29,33-34H2,1H3,(H,35,36)(H,37,38);2-4H2,1H3. The molecule has 0 aliphatic heterocycles. The maximum atomic E-state index is 13.1. The fourth-order valence-corrected chi connectivity index (χ4v) is 3.94. The van der Waals surface area contributed by atoms with E-state index in [9.17, 15) is 9.59 Å². The summed E-state index contributed by atoms with van der Waals surface area (Å²) >= 11 is 0. The summed E-state index contributed by atoms with van der Waals surface area (Å²) in [5, 5.41) is 11.7. The second-order valence-electron chi connectivity index (χ2n) is 11.6. The topological polar surface area (TPSA) is 237 Å². The highest BCUT2D eigenvalue weighted by molar-refractivity contribution is 5.77. The van der Waals surface area contributed by atoms with Crippen LogP contribution >= 0.6 is 0 Å². The zero-order valence-electron chi connectivity index (χ0n) is 32.3. The Morgan fingerprint density at radius 2 is 0.827 bits per heavy atom. The van der Waals surface area contributed by atoms with Crippen LogP contribution in [0.3, 0.4) is 0 Å². The van der Waals surface area contributed by atoms with E-state index in [0.29, 0.717) is 85.8 Å². The van der Waals surface area contributed by atoms with Crippen LogP contribution in [-0.2, 0) is 57.0 Å². The van der Waals surface area contributed by atoms with Gasteiger partial charge in [-0.1, -0.05) is 33.1 Å². The number of aliphatic carboxylic acids is 1. The van der Waals surface area contributed by atoms with Gasteiger partial charge in [0.25, 0.3) is 0 Å². The lowest BCUT2D eigenvalue weighted by Gasteiger charge is -2.34. The zero-order valence-corrected chi connectivity index (χ0v) is 32.3. The molecule has 0 rings (SSSR count). The van der Waals surface area contributed by atoms with Gasteiger partial charge in [-0.15, -0.1) is 0 Å². The van der Waals surface area contributed by atoms with Crippen molar-refractivity contribution in [3.63, 3.8) is 0 Å². The Morgan fingerprint density at radius 1 is 0.462 bits per heavy atom. The number of nitrogens with two attached hydrogens (primary N) is 3. The Morgan fingerprint density at radius 3 is 1.21 bits per heavy atom. The molecule has 0 radical (unpaired) electrons. The molecule has 0 aromatic heterocycles. The van der Waals surface area contributed by atoms with Crippen LogP contribution in [0.15, 0.2) is 0 Å². The van der Waals surface area contributed by atoms with Crippen molar-refractivity contribution in [2.24, 2.45) is 17.2 Å². The highest BCUT2D eigenvalue weighted by Crippen LogP contribution is 2.11. The molecule has 312 valence electrons. The van der Waals surface area contributed by atoms with Crippen molar-refractivity contribution in [2.45, 2.75) is 64.3 Å². The van der Waals surface area contributed by atoms with Gasteiger partial charge in [0.15, 0.2) is 0 Å². The fraction of sp³-hybridized carbons (Fsp3) is 0.943. The minimum Gasteiger partial charge on any atom is -0.481 e. The maximum absolute atomic E-state index is 13.1. The first-order chi connectivity index (χ1) is 25.4. The summed E-state index contributed by atoms with van der Waals surface area (Å²) in [6.07, 6.45) is 5.60. The average Bonchev–Trinajstić information content (AvgIpc) is 3.13. The SMILES string of the molecule is CCCCCCOCCOCC(COCCOCCOCCN)(COCCOCCOCCN)NC(=O)CCOCCOCCC(=O)O.CCCN. The summed E-state index contributed by atoms with van der Waals surface area (Å²) < 4.78 is 56.1. The van der Waals surface area contributed by atoms with E-state index in [-0.39, 0.29) is 78.2 Å². The van der Waals surface area contributed by atoms with Crippen LogP contribution in [0.2, 0.25) is 0 Å². The van der Waals surface area contributed by atoms with Crippen LogP contribution in [0, 0.1) is 0 Å². The van der Waals surface area contributed by atoms with Crippen molar-refractivity contribution in [2.75, 3.05) is 152 Å². The Labute approximate surface area is 312 Å². The minimum absolute atomic E-state index is 0.0769. The van der Waals surface area contributed by atoms with E-state index in [1.165, 1.54) is 12.8 Å². The molecule has 0 atom stereocenters. The molecule has 17 nitrogen and oxygen atoms in total. The first-order valence-corrected chi connectivity index (χ1v) is 18.8. The molecule has 0 fully saturated rings. The highest BCUT2D eigenvalue weighted by Gasteiger charge is 2.33. The minimum atomic E-state index is -1.01. The molecule has 0 aromatic carbocycles. The summed E-state index contributed by atoms with van der Waals surface area (Å²) in [4.78, 5) is 23.7. The molecule has 1 amide bonds. The van der Waals surface area contributed by atoms with Gasteiger partial charge in [0.1, 0.15) is 5.54 Å². The average molecular weight is 759 g/mol. The van der Waals surface area contributed by atoms with Gasteiger partial charge in [-0.05, 0) is 19.4 Å². The van der Waals surface area contributed by atoms with E-state index in [2.05, 4.69) is 19.2 Å². The van der Waals surface area contributed by atoms with Gasteiger partial charge in [-0.25, -0.2) is 0 Å². The highest BCUT2D eigenvalue weighted by atomic mass is 16.6. The van der Waals surface area contributed by atoms with E-state index in [4.69, 9.17) is 69.7 Å². The van der Waals surface area contributed by atoms with Gasteiger partial charge in [-0.3, -0.25) is 9.59 Å². The van der Waals surface area contributed by atoms with Crippen LogP contribution in [0.1, 0.15) is 58.8 Å². The van der Waals surface area contributed by atoms with Crippen molar-refractivity contribution in [1.29, 1.82) is 0 Å². The van der Waals surface area contributed by atoms with Crippen molar-refractivity contribution >= 4 is 11.9 Å². The Balaban J connectivity index is 0. The molecule has 0 heterocycles. The van der Waals surface area contributed by atoms with Crippen LogP contribution in [-0.4, -0.2) is 174 Å². The molecular weight excluding hydrogens is 684 g/mol. The molecule has 0 bridgehead atoms. The van der Waals surface area contributed by atoms with E-state index < -0.39 is 11.5 Å². The number of unbranched alkanes of at least 4 members (excludes halogenated alkanes) is 3. The van der Waals surface area contributed by atoms with Crippen molar-refractivity contribution in [1.82, 2.24) is 5.32 Å². The van der Waals surface area contributed by atoms with Crippen molar-refractivity contribution < 1.29 is 62.1 Å². The van der Waals surface area contributed by atoms with Gasteiger partial charge in [0, 0.05) is 26.1 Å². The third kappa shape index (κ3) is 41.2. The molecule has 0 aliphatic carbocycles. The van der Waals surface area contributed by atoms with Gasteiger partial charge in [0.05, 0.1) is 132 Å². The third-order valence-corrected chi connectivity index (χ3v) is 6.66. The molecule has 17 heteroatoms. The number of ether oxygens (including phenoxy) is 10. The van der Waals surface area contributed by atoms with Crippen LogP contribution in [0.25, 0.3) is 0 Å². The van der Waals surface area contributed by atoms with Gasteiger partial charge in [0.2, 0.25) is 5.91 Å². The van der Waals surface area contributed by atoms with Crippen LogP contribution in [0.5, 0.6) is 0 Å². The first kappa shape index (κ1) is 52.5. The van der Waals surface area contributed by atoms with Crippen LogP contribution in [0.4, 0.5) is 0 Å². The quantitative estimate of drug-likeness (QED) is 0.0540. The summed E-state index contributed by atoms with van der Waals surface area (Å²) in [6, 6.07) is 0. The number of hydrogen-bond donors (Lipinski definition) is 5. The second-order valence-corrected chi connectivity index (χ2v) is 11.6. The largest absolute Gasteiger partial charge is 0.481 e. The number of carbonyl (C=O) groups excluding carboxylic acids is 1. The van der Waals surface area contributed by atoms with E-state index in [1.54, 1.807) is 0 Å². The lowest BCUT2D eigenvalue weighted by atomic mass is 10.0. The molecule has 0 aromatic rings. The lowest BCUT2D eigenvalue weighted by molar-refractivity contribution is -0.138. The van der Waals surface area contributed by atoms with Crippen molar-refractivity contribution in [3.05, 3.63) is 0 Å². The molecule has 52 heavy (non-hydrogen) atoms. The summed E-state index contributed by atoms with van der Waals surface area (Å²) in [5.74, 6) is -1.20. The van der Waals surface area contributed by atoms with Crippen LogP contribution < -0.4 is 22.5 Å². The van der Waals surface area contributed by atoms with Gasteiger partial charge >= 0.3 is 5.97 Å². The maximum Gasteiger partial charge on any atom is 0.305 e.